The van der Waals surface area contributed by atoms with E-state index >= 15 is 0 Å². The standard InChI is InChI=1S/C19H23N3O5S3/c1-27-19(24)16-15(7-11-29-16)30(25,26)21-12-13-5-9-22(10-6-13)18(23)14-4-3-8-20-17(14)28-2/h3-4,7-8,11,13,21H,5-6,9-10,12H2,1-2H3. The van der Waals surface area contributed by atoms with Crippen molar-refractivity contribution in [3.8, 4) is 0 Å². The number of thioether (sulfide) groups is 1. The summed E-state index contributed by atoms with van der Waals surface area (Å²) in [5.41, 5.74) is 0.594. The van der Waals surface area contributed by atoms with Gasteiger partial charge >= 0.3 is 5.97 Å². The molecule has 1 fully saturated rings. The molecule has 1 amide bonds. The third-order valence-electron chi connectivity index (χ3n) is 4.95. The van der Waals surface area contributed by atoms with Gasteiger partial charge in [0.1, 0.15) is 14.8 Å². The fourth-order valence-corrected chi connectivity index (χ4v) is 6.27. The second-order valence-corrected chi connectivity index (χ2v) is 10.2. The van der Waals surface area contributed by atoms with E-state index in [9.17, 15) is 18.0 Å². The average molecular weight is 470 g/mol. The second kappa shape index (κ2) is 9.90. The first-order valence-electron chi connectivity index (χ1n) is 9.31. The van der Waals surface area contributed by atoms with Crippen molar-refractivity contribution < 1.29 is 22.7 Å². The van der Waals surface area contributed by atoms with Gasteiger partial charge in [0, 0.05) is 25.8 Å². The Labute approximate surface area is 184 Å². The third-order valence-corrected chi connectivity index (χ3v) is 8.15. The molecule has 162 valence electrons. The summed E-state index contributed by atoms with van der Waals surface area (Å²) in [5.74, 6) is -0.609. The number of nitrogens with one attached hydrogen (secondary N) is 1. The molecule has 1 aliphatic rings. The molecule has 0 atom stereocenters. The van der Waals surface area contributed by atoms with Gasteiger partial charge in [-0.05, 0) is 48.6 Å². The lowest BCUT2D eigenvalue weighted by Crippen LogP contribution is -2.41. The number of hydrogen-bond donors (Lipinski definition) is 1. The molecular formula is C19H23N3O5S3. The zero-order valence-electron chi connectivity index (χ0n) is 16.7. The van der Waals surface area contributed by atoms with Crippen LogP contribution in [0.25, 0.3) is 0 Å². The predicted molar refractivity (Wildman–Crippen MR) is 115 cm³/mol. The number of carbonyl (C=O) groups is 2. The number of likely N-dealkylation sites (tertiary alicyclic amines) is 1. The minimum Gasteiger partial charge on any atom is -0.465 e. The van der Waals surface area contributed by atoms with E-state index in [1.54, 1.807) is 28.6 Å². The average Bonchev–Trinajstić information content (AvgIpc) is 3.28. The molecule has 2 aromatic heterocycles. The van der Waals surface area contributed by atoms with Crippen molar-refractivity contribution in [2.75, 3.05) is 33.0 Å². The Balaban J connectivity index is 1.57. The highest BCUT2D eigenvalue weighted by Gasteiger charge is 2.28. The number of esters is 1. The van der Waals surface area contributed by atoms with Crippen LogP contribution in [0, 0.1) is 5.92 Å². The molecule has 1 N–H and O–H groups in total. The van der Waals surface area contributed by atoms with Crippen LogP contribution in [0.4, 0.5) is 0 Å². The van der Waals surface area contributed by atoms with Crippen LogP contribution in [0.5, 0.6) is 0 Å². The Morgan fingerprint density at radius 3 is 2.73 bits per heavy atom. The Hall–Kier alpha value is -1.95. The number of piperidine rings is 1. The van der Waals surface area contributed by atoms with Gasteiger partial charge < -0.3 is 9.64 Å². The lowest BCUT2D eigenvalue weighted by atomic mass is 9.97. The molecule has 0 saturated carbocycles. The number of methoxy groups -OCH3 is 1. The van der Waals surface area contributed by atoms with Crippen LogP contribution in [-0.2, 0) is 14.8 Å². The van der Waals surface area contributed by atoms with Crippen LogP contribution in [0.15, 0.2) is 39.7 Å². The van der Waals surface area contributed by atoms with Gasteiger partial charge in [0.2, 0.25) is 10.0 Å². The zero-order valence-corrected chi connectivity index (χ0v) is 19.1. The van der Waals surface area contributed by atoms with Gasteiger partial charge in [-0.15, -0.1) is 23.1 Å². The second-order valence-electron chi connectivity index (χ2n) is 6.75. The topological polar surface area (TPSA) is 106 Å². The summed E-state index contributed by atoms with van der Waals surface area (Å²) in [6.07, 6.45) is 4.93. The largest absolute Gasteiger partial charge is 0.465 e. The predicted octanol–water partition coefficient (Wildman–Crippen LogP) is 2.48. The molecule has 0 aliphatic carbocycles. The third kappa shape index (κ3) is 5.02. The number of thiophene rings is 1. The van der Waals surface area contributed by atoms with E-state index in [0.29, 0.717) is 36.5 Å². The fraction of sp³-hybridized carbons (Fsp3) is 0.421. The van der Waals surface area contributed by atoms with Crippen molar-refractivity contribution in [2.45, 2.75) is 22.8 Å². The first kappa shape index (κ1) is 22.7. The molecule has 1 saturated heterocycles. The molecule has 0 radical (unpaired) electrons. The summed E-state index contributed by atoms with van der Waals surface area (Å²) in [4.78, 5) is 30.6. The molecule has 0 unspecified atom stereocenters. The monoisotopic (exact) mass is 469 g/mol. The number of sulfonamides is 1. The van der Waals surface area contributed by atoms with E-state index in [1.165, 1.54) is 24.9 Å². The van der Waals surface area contributed by atoms with Crippen molar-refractivity contribution in [3.05, 3.63) is 40.2 Å². The molecule has 3 rings (SSSR count). The van der Waals surface area contributed by atoms with Gasteiger partial charge in [-0.3, -0.25) is 4.79 Å². The van der Waals surface area contributed by atoms with E-state index in [0.717, 1.165) is 11.3 Å². The van der Waals surface area contributed by atoms with E-state index < -0.39 is 16.0 Å². The molecule has 0 aromatic carbocycles. The maximum Gasteiger partial charge on any atom is 0.349 e. The highest BCUT2D eigenvalue weighted by atomic mass is 32.2. The van der Waals surface area contributed by atoms with E-state index in [1.807, 2.05) is 6.26 Å². The smallest absolute Gasteiger partial charge is 0.349 e. The lowest BCUT2D eigenvalue weighted by Gasteiger charge is -2.32. The number of aromatic nitrogens is 1. The maximum atomic E-state index is 12.8. The number of ether oxygens (including phenoxy) is 1. The van der Waals surface area contributed by atoms with Gasteiger partial charge in [-0.1, -0.05) is 0 Å². The Morgan fingerprint density at radius 2 is 2.07 bits per heavy atom. The number of nitrogens with zero attached hydrogens (tertiary/aromatic N) is 2. The van der Waals surface area contributed by atoms with Crippen LogP contribution in [0.2, 0.25) is 0 Å². The van der Waals surface area contributed by atoms with Crippen molar-refractivity contribution in [1.29, 1.82) is 0 Å². The SMILES string of the molecule is COC(=O)c1sccc1S(=O)(=O)NCC1CCN(C(=O)c2cccnc2SC)CC1. The summed E-state index contributed by atoms with van der Waals surface area (Å²) in [6.45, 7) is 1.36. The maximum absolute atomic E-state index is 12.8. The van der Waals surface area contributed by atoms with Crippen LogP contribution in [0.3, 0.4) is 0 Å². The molecular weight excluding hydrogens is 446 g/mol. The number of amides is 1. The van der Waals surface area contributed by atoms with Crippen LogP contribution < -0.4 is 4.72 Å². The van der Waals surface area contributed by atoms with E-state index in [4.69, 9.17) is 0 Å². The van der Waals surface area contributed by atoms with Gasteiger partial charge in [-0.25, -0.2) is 22.9 Å². The zero-order chi connectivity index (χ0) is 21.7. The summed E-state index contributed by atoms with van der Waals surface area (Å²) in [6, 6.07) is 4.93. The molecule has 1 aliphatic heterocycles. The molecule has 2 aromatic rings. The number of hydrogen-bond acceptors (Lipinski definition) is 8. The van der Waals surface area contributed by atoms with Gasteiger partial charge in [0.05, 0.1) is 12.7 Å². The first-order valence-corrected chi connectivity index (χ1v) is 12.9. The van der Waals surface area contributed by atoms with Gasteiger partial charge in [0.25, 0.3) is 5.91 Å². The van der Waals surface area contributed by atoms with Crippen molar-refractivity contribution in [2.24, 2.45) is 5.92 Å². The van der Waals surface area contributed by atoms with Crippen LogP contribution >= 0.6 is 23.1 Å². The number of carbonyl (C=O) groups excluding carboxylic acids is 2. The first-order chi connectivity index (χ1) is 14.4. The molecule has 3 heterocycles. The van der Waals surface area contributed by atoms with Crippen molar-refractivity contribution in [3.63, 3.8) is 0 Å². The summed E-state index contributed by atoms with van der Waals surface area (Å²) in [7, 11) is -2.60. The molecule has 0 spiro atoms. The summed E-state index contributed by atoms with van der Waals surface area (Å²) < 4.78 is 32.5. The Bertz CT molecular complexity index is 1010. The molecule has 8 nitrogen and oxygen atoms in total. The van der Waals surface area contributed by atoms with Crippen molar-refractivity contribution in [1.82, 2.24) is 14.6 Å². The lowest BCUT2D eigenvalue weighted by molar-refractivity contribution is 0.0601. The Morgan fingerprint density at radius 1 is 1.33 bits per heavy atom. The highest BCUT2D eigenvalue weighted by Crippen LogP contribution is 2.25. The highest BCUT2D eigenvalue weighted by molar-refractivity contribution is 7.98. The van der Waals surface area contributed by atoms with Gasteiger partial charge in [0.15, 0.2) is 0 Å². The summed E-state index contributed by atoms with van der Waals surface area (Å²) >= 11 is 2.47. The quantitative estimate of drug-likeness (QED) is 0.490. The molecule has 0 bridgehead atoms. The van der Waals surface area contributed by atoms with Crippen LogP contribution in [-0.4, -0.2) is 63.2 Å². The van der Waals surface area contributed by atoms with Crippen LogP contribution in [0.1, 0.15) is 32.9 Å². The molecule has 11 heteroatoms. The molecule has 30 heavy (non-hydrogen) atoms. The van der Waals surface area contributed by atoms with E-state index in [2.05, 4.69) is 14.4 Å². The number of pyridine rings is 1. The van der Waals surface area contributed by atoms with E-state index in [-0.39, 0.29) is 28.1 Å². The summed E-state index contributed by atoms with van der Waals surface area (Å²) in [5, 5.41) is 2.25. The normalized spacial score (nSPS) is 15.2. The Kier molecular flexibility index (Phi) is 7.50. The van der Waals surface area contributed by atoms with Crippen molar-refractivity contribution >= 4 is 45.0 Å². The fourth-order valence-electron chi connectivity index (χ4n) is 3.28. The van der Waals surface area contributed by atoms with Gasteiger partial charge in [-0.2, -0.15) is 0 Å². The number of rotatable bonds is 7. The minimum absolute atomic E-state index is 0.0486. The minimum atomic E-state index is -3.82.